The van der Waals surface area contributed by atoms with Crippen molar-refractivity contribution in [2.75, 3.05) is 19.5 Å². The number of ether oxygens (including phenoxy) is 2. The Hall–Kier alpha value is -3.05. The van der Waals surface area contributed by atoms with Crippen molar-refractivity contribution in [2.45, 2.75) is 6.42 Å². The molecule has 0 aliphatic carbocycles. The number of thiophene rings is 1. The zero-order chi connectivity index (χ0) is 19.2. The van der Waals surface area contributed by atoms with Gasteiger partial charge in [0.1, 0.15) is 0 Å². The summed E-state index contributed by atoms with van der Waals surface area (Å²) in [7, 11) is 3.14. The molecule has 138 valence electrons. The third-order valence-corrected chi connectivity index (χ3v) is 5.05. The van der Waals surface area contributed by atoms with Crippen LogP contribution in [0.5, 0.6) is 11.5 Å². The van der Waals surface area contributed by atoms with Gasteiger partial charge >= 0.3 is 0 Å². The average Bonchev–Trinajstić information content (AvgIpc) is 3.22. The highest BCUT2D eigenvalue weighted by atomic mass is 32.1. The van der Waals surface area contributed by atoms with Gasteiger partial charge in [0.15, 0.2) is 11.5 Å². The predicted molar refractivity (Wildman–Crippen MR) is 111 cm³/mol. The van der Waals surface area contributed by atoms with Crippen molar-refractivity contribution in [3.05, 3.63) is 77.7 Å². The fourth-order valence-corrected chi connectivity index (χ4v) is 3.68. The van der Waals surface area contributed by atoms with E-state index in [1.54, 1.807) is 37.7 Å². The summed E-state index contributed by atoms with van der Waals surface area (Å²) in [5, 5.41) is 5.04. The molecule has 1 N–H and O–H groups in total. The van der Waals surface area contributed by atoms with Gasteiger partial charge in [0.2, 0.25) is 0 Å². The third-order valence-electron chi connectivity index (χ3n) is 4.14. The lowest BCUT2D eigenvalue weighted by Gasteiger charge is -2.15. The van der Waals surface area contributed by atoms with E-state index in [0.717, 1.165) is 21.7 Å². The predicted octanol–water partition coefficient (Wildman–Crippen LogP) is 5.41. The Morgan fingerprint density at radius 2 is 1.96 bits per heavy atom. The molecule has 0 aliphatic heterocycles. The van der Waals surface area contributed by atoms with Gasteiger partial charge in [-0.3, -0.25) is 4.79 Å². The van der Waals surface area contributed by atoms with Crippen molar-refractivity contribution in [2.24, 2.45) is 0 Å². The number of benzene rings is 2. The number of para-hydroxylation sites is 1. The van der Waals surface area contributed by atoms with Gasteiger partial charge < -0.3 is 14.8 Å². The monoisotopic (exact) mass is 379 g/mol. The topological polar surface area (TPSA) is 47.6 Å². The molecular weight excluding hydrogens is 358 g/mol. The van der Waals surface area contributed by atoms with Gasteiger partial charge in [-0.05, 0) is 36.1 Å². The van der Waals surface area contributed by atoms with Gasteiger partial charge in [0.25, 0.3) is 5.91 Å². The molecule has 0 aliphatic rings. The number of anilines is 1. The Morgan fingerprint density at radius 1 is 1.15 bits per heavy atom. The second kappa shape index (κ2) is 8.56. The highest BCUT2D eigenvalue weighted by Gasteiger charge is 2.17. The Kier molecular flexibility index (Phi) is 5.94. The summed E-state index contributed by atoms with van der Waals surface area (Å²) in [4.78, 5) is 14.0. The number of allylic oxidation sites excluding steroid dienone is 1. The number of carbonyl (C=O) groups excluding carboxylic acids is 1. The summed E-state index contributed by atoms with van der Waals surface area (Å²) in [6.07, 6.45) is 2.34. The molecule has 1 aromatic heterocycles. The molecule has 1 amide bonds. The van der Waals surface area contributed by atoms with Crippen LogP contribution in [0.4, 0.5) is 5.69 Å². The van der Waals surface area contributed by atoms with Crippen LogP contribution in [-0.2, 0) is 6.42 Å². The molecule has 0 saturated carbocycles. The SMILES string of the molecule is C=CCc1cc(C(=O)Nc2ccccc2-c2cccs2)cc(OC)c1OC. The maximum Gasteiger partial charge on any atom is 0.255 e. The third kappa shape index (κ3) is 4.04. The van der Waals surface area contributed by atoms with Crippen LogP contribution >= 0.6 is 11.3 Å². The minimum absolute atomic E-state index is 0.203. The largest absolute Gasteiger partial charge is 0.493 e. The van der Waals surface area contributed by atoms with Crippen LogP contribution in [0.3, 0.4) is 0 Å². The molecule has 1 heterocycles. The number of hydrogen-bond acceptors (Lipinski definition) is 4. The molecular formula is C22H21NO3S. The summed E-state index contributed by atoms with van der Waals surface area (Å²) in [5.41, 5.74) is 3.12. The Balaban J connectivity index is 1.96. The Morgan fingerprint density at radius 3 is 2.63 bits per heavy atom. The van der Waals surface area contributed by atoms with Crippen molar-refractivity contribution in [3.8, 4) is 21.9 Å². The van der Waals surface area contributed by atoms with E-state index in [2.05, 4.69) is 11.9 Å². The zero-order valence-corrected chi connectivity index (χ0v) is 16.1. The first kappa shape index (κ1) is 18.7. The van der Waals surface area contributed by atoms with Gasteiger partial charge in [0.05, 0.1) is 14.2 Å². The van der Waals surface area contributed by atoms with Gasteiger partial charge in [-0.1, -0.05) is 30.3 Å². The van der Waals surface area contributed by atoms with Gasteiger partial charge in [-0.2, -0.15) is 0 Å². The Bertz CT molecular complexity index is 948. The van der Waals surface area contributed by atoms with Crippen LogP contribution in [0, 0.1) is 0 Å². The molecule has 4 nitrogen and oxygen atoms in total. The lowest BCUT2D eigenvalue weighted by atomic mass is 10.0. The van der Waals surface area contributed by atoms with E-state index in [9.17, 15) is 4.79 Å². The highest BCUT2D eigenvalue weighted by molar-refractivity contribution is 7.13. The summed E-state index contributed by atoms with van der Waals surface area (Å²) in [5.74, 6) is 0.937. The number of hydrogen-bond donors (Lipinski definition) is 1. The first-order valence-corrected chi connectivity index (χ1v) is 9.36. The molecule has 0 bridgehead atoms. The summed E-state index contributed by atoms with van der Waals surface area (Å²) >= 11 is 1.63. The molecule has 0 radical (unpaired) electrons. The zero-order valence-electron chi connectivity index (χ0n) is 15.3. The van der Waals surface area contributed by atoms with E-state index in [1.165, 1.54) is 0 Å². The number of methoxy groups -OCH3 is 2. The number of amides is 1. The number of carbonyl (C=O) groups is 1. The lowest BCUT2D eigenvalue weighted by molar-refractivity contribution is 0.102. The molecule has 27 heavy (non-hydrogen) atoms. The molecule has 0 atom stereocenters. The molecule has 5 heteroatoms. The maximum absolute atomic E-state index is 12.9. The first-order valence-electron chi connectivity index (χ1n) is 8.48. The summed E-state index contributed by atoms with van der Waals surface area (Å²) in [6.45, 7) is 3.77. The van der Waals surface area contributed by atoms with E-state index < -0.39 is 0 Å². The van der Waals surface area contributed by atoms with Crippen LogP contribution in [0.15, 0.2) is 66.6 Å². The number of nitrogens with one attached hydrogen (secondary N) is 1. The van der Waals surface area contributed by atoms with E-state index in [4.69, 9.17) is 9.47 Å². The molecule has 3 aromatic rings. The van der Waals surface area contributed by atoms with Gasteiger partial charge in [-0.15, -0.1) is 17.9 Å². The fourth-order valence-electron chi connectivity index (χ4n) is 2.91. The maximum atomic E-state index is 12.9. The molecule has 0 unspecified atom stereocenters. The molecule has 3 rings (SSSR count). The van der Waals surface area contributed by atoms with Crippen LogP contribution < -0.4 is 14.8 Å². The molecule has 0 spiro atoms. The summed E-state index contributed by atoms with van der Waals surface area (Å²) < 4.78 is 10.8. The van der Waals surface area contributed by atoms with Gasteiger partial charge in [-0.25, -0.2) is 0 Å². The number of rotatable bonds is 7. The van der Waals surface area contributed by atoms with E-state index in [1.807, 2.05) is 47.8 Å². The summed E-state index contributed by atoms with van der Waals surface area (Å²) in [6, 6.07) is 15.3. The second-order valence-electron chi connectivity index (χ2n) is 5.84. The second-order valence-corrected chi connectivity index (χ2v) is 6.79. The van der Waals surface area contributed by atoms with Crippen LogP contribution in [0.25, 0.3) is 10.4 Å². The Labute approximate surface area is 163 Å². The minimum atomic E-state index is -0.203. The van der Waals surface area contributed by atoms with Crippen LogP contribution in [0.1, 0.15) is 15.9 Å². The molecule has 0 saturated heterocycles. The van der Waals surface area contributed by atoms with Crippen molar-refractivity contribution in [3.63, 3.8) is 0 Å². The lowest BCUT2D eigenvalue weighted by Crippen LogP contribution is -2.13. The van der Waals surface area contributed by atoms with E-state index >= 15 is 0 Å². The minimum Gasteiger partial charge on any atom is -0.493 e. The normalized spacial score (nSPS) is 10.3. The quantitative estimate of drug-likeness (QED) is 0.558. The molecule has 2 aromatic carbocycles. The van der Waals surface area contributed by atoms with Crippen molar-refractivity contribution < 1.29 is 14.3 Å². The van der Waals surface area contributed by atoms with Crippen LogP contribution in [0.2, 0.25) is 0 Å². The highest BCUT2D eigenvalue weighted by Crippen LogP contribution is 2.35. The molecule has 0 fully saturated rings. The van der Waals surface area contributed by atoms with E-state index in [-0.39, 0.29) is 5.91 Å². The van der Waals surface area contributed by atoms with E-state index in [0.29, 0.717) is 23.5 Å². The fraction of sp³-hybridized carbons (Fsp3) is 0.136. The van der Waals surface area contributed by atoms with Gasteiger partial charge in [0, 0.05) is 27.3 Å². The smallest absolute Gasteiger partial charge is 0.255 e. The standard InChI is InChI=1S/C22H21NO3S/c1-4-8-15-13-16(14-19(25-2)21(15)26-3)22(24)23-18-10-6-5-9-17(18)20-11-7-12-27-20/h4-7,9-14H,1,8H2,2-3H3,(H,23,24). The van der Waals surface area contributed by atoms with Crippen molar-refractivity contribution >= 4 is 22.9 Å². The van der Waals surface area contributed by atoms with Crippen molar-refractivity contribution in [1.82, 2.24) is 0 Å². The van der Waals surface area contributed by atoms with Crippen LogP contribution in [-0.4, -0.2) is 20.1 Å². The van der Waals surface area contributed by atoms with Crippen molar-refractivity contribution in [1.29, 1.82) is 0 Å². The first-order chi connectivity index (χ1) is 13.2. The average molecular weight is 379 g/mol.